The number of aromatic amines is 1. The second-order valence-corrected chi connectivity index (χ2v) is 3.83. The van der Waals surface area contributed by atoms with Crippen molar-refractivity contribution >= 4 is 11.9 Å². The summed E-state index contributed by atoms with van der Waals surface area (Å²) in [6.45, 7) is 0. The van der Waals surface area contributed by atoms with E-state index < -0.39 is 47.9 Å². The molecule has 0 aromatic carbocycles. The van der Waals surface area contributed by atoms with Gasteiger partial charge in [-0.25, -0.2) is 4.79 Å². The quantitative estimate of drug-likeness (QED) is 0.724. The number of rotatable bonds is 4. The van der Waals surface area contributed by atoms with Crippen LogP contribution in [0.2, 0.25) is 0 Å². The fraction of sp³-hybridized carbons (Fsp3) is 0.444. The first-order valence-corrected chi connectivity index (χ1v) is 5.13. The highest BCUT2D eigenvalue weighted by Gasteiger charge is 2.42. The summed E-state index contributed by atoms with van der Waals surface area (Å²) in [5.74, 6) is -4.48. The summed E-state index contributed by atoms with van der Waals surface area (Å²) in [7, 11) is 0. The molecule has 0 aliphatic carbocycles. The summed E-state index contributed by atoms with van der Waals surface area (Å²) < 4.78 is 73.5. The third kappa shape index (κ3) is 4.36. The van der Waals surface area contributed by atoms with E-state index in [0.29, 0.717) is 6.20 Å². The van der Waals surface area contributed by atoms with Crippen LogP contribution >= 0.6 is 0 Å². The van der Waals surface area contributed by atoms with Gasteiger partial charge in [0.15, 0.2) is 0 Å². The number of alkyl halides is 6. The number of aromatic nitrogens is 2. The van der Waals surface area contributed by atoms with E-state index in [1.54, 1.807) is 5.10 Å². The van der Waals surface area contributed by atoms with Gasteiger partial charge in [0, 0.05) is 12.0 Å². The number of carbonyl (C=O) groups excluding carboxylic acids is 1. The van der Waals surface area contributed by atoms with Gasteiger partial charge in [-0.2, -0.15) is 31.4 Å². The number of H-pyrrole nitrogens is 1. The van der Waals surface area contributed by atoms with Gasteiger partial charge < -0.3 is 10.4 Å². The molecule has 118 valence electrons. The second-order valence-electron chi connectivity index (χ2n) is 3.83. The van der Waals surface area contributed by atoms with Crippen molar-refractivity contribution in [3.05, 3.63) is 17.5 Å². The zero-order valence-electron chi connectivity index (χ0n) is 9.84. The van der Waals surface area contributed by atoms with Gasteiger partial charge in [0.25, 0.3) is 0 Å². The number of nitrogens with zero attached hydrogens (tertiary/aromatic N) is 1. The summed E-state index contributed by atoms with van der Waals surface area (Å²) in [6.07, 6.45) is -10.6. The Hall–Kier alpha value is -2.27. The van der Waals surface area contributed by atoms with Crippen molar-refractivity contribution in [3.63, 3.8) is 0 Å². The number of carboxylic acids is 1. The van der Waals surface area contributed by atoms with E-state index in [-0.39, 0.29) is 0 Å². The number of aliphatic carboxylic acids is 1. The van der Waals surface area contributed by atoms with Crippen molar-refractivity contribution in [1.82, 2.24) is 15.5 Å². The van der Waals surface area contributed by atoms with Crippen LogP contribution in [0.3, 0.4) is 0 Å². The first-order chi connectivity index (χ1) is 9.43. The first-order valence-electron chi connectivity index (χ1n) is 5.13. The standard InChI is InChI=1S/C9H7F6N3O3/c10-8(11,12)5-3(2-16-18-5)1-4(6(19)20)17-7(21)9(13,14)15/h2,4H,1H2,(H,16,18)(H,17,21)(H,19,20)/t4-/m0/s1. The van der Waals surface area contributed by atoms with Gasteiger partial charge in [-0.15, -0.1) is 0 Å². The van der Waals surface area contributed by atoms with E-state index in [9.17, 15) is 35.9 Å². The molecule has 0 aliphatic heterocycles. The van der Waals surface area contributed by atoms with Crippen LogP contribution in [-0.2, 0) is 22.2 Å². The third-order valence-corrected chi connectivity index (χ3v) is 2.29. The number of nitrogens with one attached hydrogen (secondary N) is 2. The molecule has 0 radical (unpaired) electrons. The summed E-state index contributed by atoms with van der Waals surface area (Å²) in [6, 6.07) is -2.18. The summed E-state index contributed by atoms with van der Waals surface area (Å²) in [5, 5.41) is 14.4. The molecule has 0 saturated carbocycles. The molecule has 0 spiro atoms. The van der Waals surface area contributed by atoms with E-state index in [0.717, 1.165) is 5.32 Å². The molecule has 0 saturated heterocycles. The number of amides is 1. The molecule has 21 heavy (non-hydrogen) atoms. The number of hydrogen-bond donors (Lipinski definition) is 3. The van der Waals surface area contributed by atoms with Gasteiger partial charge in [-0.3, -0.25) is 9.89 Å². The van der Waals surface area contributed by atoms with Crippen molar-refractivity contribution in [2.75, 3.05) is 0 Å². The Morgan fingerprint density at radius 2 is 1.86 bits per heavy atom. The smallest absolute Gasteiger partial charge is 0.471 e. The average Bonchev–Trinajstić information content (AvgIpc) is 2.74. The summed E-state index contributed by atoms with van der Waals surface area (Å²) in [5.41, 5.74) is -2.08. The van der Waals surface area contributed by atoms with Crippen LogP contribution in [0.25, 0.3) is 0 Å². The molecule has 1 aromatic rings. The fourth-order valence-electron chi connectivity index (χ4n) is 1.37. The maximum Gasteiger partial charge on any atom is 0.471 e. The maximum absolute atomic E-state index is 12.5. The van der Waals surface area contributed by atoms with Crippen molar-refractivity contribution in [2.24, 2.45) is 0 Å². The third-order valence-electron chi connectivity index (χ3n) is 2.29. The van der Waals surface area contributed by atoms with Crippen LogP contribution in [0.4, 0.5) is 26.3 Å². The van der Waals surface area contributed by atoms with Gasteiger partial charge in [0.05, 0.1) is 6.20 Å². The lowest BCUT2D eigenvalue weighted by molar-refractivity contribution is -0.175. The van der Waals surface area contributed by atoms with Crippen LogP contribution in [0, 0.1) is 0 Å². The SMILES string of the molecule is O=C(O)[C@H](Cc1cn[nH]c1C(F)(F)F)NC(=O)C(F)(F)F. The normalized spacial score (nSPS) is 13.8. The Labute approximate surface area is 112 Å². The van der Waals surface area contributed by atoms with Crippen LogP contribution in [0.1, 0.15) is 11.3 Å². The van der Waals surface area contributed by atoms with E-state index in [2.05, 4.69) is 5.10 Å². The zero-order chi connectivity index (χ0) is 16.4. The first kappa shape index (κ1) is 16.8. The Kier molecular flexibility index (Phi) is 4.49. The van der Waals surface area contributed by atoms with Crippen molar-refractivity contribution in [2.45, 2.75) is 24.8 Å². The van der Waals surface area contributed by atoms with Crippen LogP contribution in [-0.4, -0.2) is 39.4 Å². The molecule has 1 atom stereocenters. The molecule has 0 bridgehead atoms. The second kappa shape index (κ2) is 5.61. The van der Waals surface area contributed by atoms with Crippen LogP contribution in [0.15, 0.2) is 6.20 Å². The summed E-state index contributed by atoms with van der Waals surface area (Å²) in [4.78, 5) is 21.4. The van der Waals surface area contributed by atoms with Crippen molar-refractivity contribution < 1.29 is 41.0 Å². The summed E-state index contributed by atoms with van der Waals surface area (Å²) >= 11 is 0. The van der Waals surface area contributed by atoms with Crippen LogP contribution < -0.4 is 5.32 Å². The molecule has 1 aromatic heterocycles. The van der Waals surface area contributed by atoms with Gasteiger partial charge in [0.2, 0.25) is 0 Å². The van der Waals surface area contributed by atoms with Gasteiger partial charge in [-0.05, 0) is 0 Å². The molecule has 12 heteroatoms. The van der Waals surface area contributed by atoms with E-state index in [1.165, 1.54) is 0 Å². The molecule has 1 amide bonds. The van der Waals surface area contributed by atoms with E-state index in [4.69, 9.17) is 5.11 Å². The molecule has 6 nitrogen and oxygen atoms in total. The molecule has 3 N–H and O–H groups in total. The Bertz CT molecular complexity index is 536. The molecular formula is C9H7F6N3O3. The number of hydrogen-bond acceptors (Lipinski definition) is 3. The molecule has 0 unspecified atom stereocenters. The minimum Gasteiger partial charge on any atom is -0.480 e. The minimum absolute atomic E-state index is 0.624. The van der Waals surface area contributed by atoms with Gasteiger partial charge in [0.1, 0.15) is 11.7 Å². The Balaban J connectivity index is 2.93. The average molecular weight is 319 g/mol. The van der Waals surface area contributed by atoms with Gasteiger partial charge in [-0.1, -0.05) is 0 Å². The fourth-order valence-corrected chi connectivity index (χ4v) is 1.37. The lowest BCUT2D eigenvalue weighted by Gasteiger charge is -2.16. The molecule has 1 heterocycles. The number of carbonyl (C=O) groups is 2. The Morgan fingerprint density at radius 3 is 2.29 bits per heavy atom. The lowest BCUT2D eigenvalue weighted by Crippen LogP contribution is -2.48. The van der Waals surface area contributed by atoms with Crippen molar-refractivity contribution in [1.29, 1.82) is 0 Å². The molecular weight excluding hydrogens is 312 g/mol. The lowest BCUT2D eigenvalue weighted by atomic mass is 10.1. The highest BCUT2D eigenvalue weighted by molar-refractivity contribution is 5.87. The molecule has 1 rings (SSSR count). The number of halogens is 6. The van der Waals surface area contributed by atoms with Crippen molar-refractivity contribution in [3.8, 4) is 0 Å². The van der Waals surface area contributed by atoms with E-state index in [1.807, 2.05) is 0 Å². The molecule has 0 aliphatic rings. The maximum atomic E-state index is 12.5. The monoisotopic (exact) mass is 319 g/mol. The highest BCUT2D eigenvalue weighted by Crippen LogP contribution is 2.30. The predicted octanol–water partition coefficient (Wildman–Crippen LogP) is 1.10. The van der Waals surface area contributed by atoms with Gasteiger partial charge >= 0.3 is 24.2 Å². The zero-order valence-corrected chi connectivity index (χ0v) is 9.84. The Morgan fingerprint density at radius 1 is 1.29 bits per heavy atom. The highest BCUT2D eigenvalue weighted by atomic mass is 19.4. The van der Waals surface area contributed by atoms with Crippen LogP contribution in [0.5, 0.6) is 0 Å². The predicted molar refractivity (Wildman–Crippen MR) is 52.9 cm³/mol. The van der Waals surface area contributed by atoms with E-state index >= 15 is 0 Å². The minimum atomic E-state index is -5.35. The molecule has 0 fully saturated rings. The largest absolute Gasteiger partial charge is 0.480 e. The number of carboxylic acid groups (broad SMARTS) is 1. The topological polar surface area (TPSA) is 95.1 Å².